The normalized spacial score (nSPS) is 17.1. The van der Waals surface area contributed by atoms with Gasteiger partial charge in [-0.25, -0.2) is 19.4 Å². The molecule has 1 fully saturated rings. The van der Waals surface area contributed by atoms with Gasteiger partial charge in [0.25, 0.3) is 5.91 Å². The first-order chi connectivity index (χ1) is 19.7. The lowest BCUT2D eigenvalue weighted by atomic mass is 10.2. The number of carbonyl (C=O) groups excluding carboxylic acids is 4. The number of hydrogen-bond acceptors (Lipinski definition) is 8. The first-order valence-corrected chi connectivity index (χ1v) is 13.1. The van der Waals surface area contributed by atoms with Gasteiger partial charge in [0.05, 0.1) is 24.0 Å². The number of fused-ring (bicyclic) bond motifs is 1. The summed E-state index contributed by atoms with van der Waals surface area (Å²) in [7, 11) is 0. The van der Waals surface area contributed by atoms with Crippen molar-refractivity contribution in [2.45, 2.75) is 32.0 Å². The maximum absolute atomic E-state index is 12.9. The second-order valence-corrected chi connectivity index (χ2v) is 9.56. The van der Waals surface area contributed by atoms with Crippen LogP contribution >= 0.6 is 0 Å². The number of nitrogens with one attached hydrogen (secondary N) is 5. The lowest BCUT2D eigenvalue weighted by Crippen LogP contribution is -2.60. The molecule has 6 N–H and O–H groups in total. The van der Waals surface area contributed by atoms with E-state index in [0.717, 1.165) is 16.6 Å². The minimum Gasteiger partial charge on any atom is -0.481 e. The number of carbonyl (C=O) groups is 5. The van der Waals surface area contributed by atoms with Crippen molar-refractivity contribution in [3.05, 3.63) is 60.2 Å². The molecule has 41 heavy (non-hydrogen) atoms. The van der Waals surface area contributed by atoms with E-state index in [1.165, 1.54) is 0 Å². The third-order valence-electron chi connectivity index (χ3n) is 6.54. The van der Waals surface area contributed by atoms with Gasteiger partial charge >= 0.3 is 24.0 Å². The maximum atomic E-state index is 12.9. The van der Waals surface area contributed by atoms with Crippen LogP contribution < -0.4 is 21.3 Å². The van der Waals surface area contributed by atoms with Crippen molar-refractivity contribution >= 4 is 46.9 Å². The van der Waals surface area contributed by atoms with E-state index in [0.29, 0.717) is 25.3 Å². The number of unbranched alkanes of at least 4 members (excludes halogenated alkanes) is 1. The molecule has 0 spiro atoms. The quantitative estimate of drug-likeness (QED) is 0.0729. The lowest BCUT2D eigenvalue weighted by Gasteiger charge is -2.27. The Morgan fingerprint density at radius 2 is 1.78 bits per heavy atom. The number of ether oxygens (including phenoxy) is 1. The molecule has 1 aliphatic rings. The fourth-order valence-electron chi connectivity index (χ4n) is 4.49. The number of alkyl carbamates (subject to hydrolysis) is 1. The van der Waals surface area contributed by atoms with Crippen LogP contribution in [0.15, 0.2) is 54.6 Å². The Balaban J connectivity index is 1.30. The molecule has 2 heterocycles. The number of carboxylic acid groups (broad SMARTS) is 1. The predicted octanol–water partition coefficient (Wildman–Crippen LogP) is 1.67. The number of urea groups is 1. The first kappa shape index (κ1) is 29.0. The van der Waals surface area contributed by atoms with Crippen LogP contribution in [0.25, 0.3) is 11.0 Å². The highest BCUT2D eigenvalue weighted by molar-refractivity contribution is 5.94. The Kier molecular flexibility index (Phi) is 9.47. The largest absolute Gasteiger partial charge is 0.481 e. The molecular weight excluding hydrogens is 534 g/mol. The van der Waals surface area contributed by atoms with Gasteiger partial charge in [-0.15, -0.1) is 0 Å². The van der Waals surface area contributed by atoms with E-state index in [2.05, 4.69) is 31.2 Å². The van der Waals surface area contributed by atoms with Crippen molar-refractivity contribution in [3.63, 3.8) is 0 Å². The molecule has 0 radical (unpaired) electrons. The van der Waals surface area contributed by atoms with E-state index in [4.69, 9.17) is 4.74 Å². The monoisotopic (exact) mass is 566 g/mol. The second-order valence-electron chi connectivity index (χ2n) is 9.56. The minimum absolute atomic E-state index is 0.0553. The smallest absolute Gasteiger partial charge is 0.425 e. The molecule has 216 valence electrons. The SMILES string of the molecule is O=C(O)CC(NC(=O)C[N+]1(CCCCNc2nc3ccccc3[nH]2)C(=O)CNC1=O)NC(=O)OCc1ccccc1. The van der Waals surface area contributed by atoms with Gasteiger partial charge in [-0.05, 0) is 30.5 Å². The zero-order valence-corrected chi connectivity index (χ0v) is 22.2. The molecule has 3 aromatic rings. The molecule has 14 heteroatoms. The molecule has 1 saturated heterocycles. The van der Waals surface area contributed by atoms with Gasteiger partial charge in [0.1, 0.15) is 19.3 Å². The van der Waals surface area contributed by atoms with Crippen LogP contribution in [-0.2, 0) is 25.7 Å². The number of carboxylic acids is 1. The molecule has 0 aliphatic carbocycles. The standard InChI is InChI=1S/C27H31N7O7/c35-22(32-21(14-24(37)38)33-27(40)41-17-18-8-2-1-3-9-18)16-34(23(36)15-29-26(34)39)13-7-6-12-28-25-30-19-10-4-5-11-20(19)31-25/h1-5,8-11,21H,6-7,12-17H2,(H5-,28,29,30,31,32,33,35,37,38,39,40)/p+1. The van der Waals surface area contributed by atoms with E-state index in [-0.39, 0.29) is 19.7 Å². The first-order valence-electron chi connectivity index (χ1n) is 13.1. The van der Waals surface area contributed by atoms with Crippen molar-refractivity contribution in [1.29, 1.82) is 0 Å². The van der Waals surface area contributed by atoms with E-state index in [9.17, 15) is 29.1 Å². The summed E-state index contributed by atoms with van der Waals surface area (Å²) in [5, 5.41) is 19.6. The van der Waals surface area contributed by atoms with Crippen molar-refractivity contribution in [1.82, 2.24) is 25.9 Å². The molecule has 2 unspecified atom stereocenters. The fourth-order valence-corrected chi connectivity index (χ4v) is 4.49. The van der Waals surface area contributed by atoms with Crippen molar-refractivity contribution < 1.29 is 38.3 Å². The van der Waals surface area contributed by atoms with Gasteiger partial charge in [-0.2, -0.15) is 4.48 Å². The van der Waals surface area contributed by atoms with E-state index >= 15 is 0 Å². The molecule has 5 amide bonds. The number of aromatic nitrogens is 2. The second kappa shape index (κ2) is 13.4. The molecule has 1 aromatic heterocycles. The third kappa shape index (κ3) is 7.79. The van der Waals surface area contributed by atoms with Gasteiger partial charge in [-0.3, -0.25) is 14.9 Å². The topological polar surface area (TPSA) is 192 Å². The Labute approximate surface area is 235 Å². The molecular formula is C27H32N7O7+. The van der Waals surface area contributed by atoms with Gasteiger partial charge in [-0.1, -0.05) is 42.5 Å². The summed E-state index contributed by atoms with van der Waals surface area (Å²) < 4.78 is 4.35. The number of imidazole rings is 1. The number of rotatable bonds is 14. The highest BCUT2D eigenvalue weighted by atomic mass is 16.5. The van der Waals surface area contributed by atoms with E-state index in [1.54, 1.807) is 24.3 Å². The zero-order valence-electron chi connectivity index (χ0n) is 22.2. The van der Waals surface area contributed by atoms with Gasteiger partial charge in [0, 0.05) is 6.54 Å². The molecule has 1 aliphatic heterocycles. The molecule has 14 nitrogen and oxygen atoms in total. The number of aliphatic carboxylic acids is 1. The van der Waals surface area contributed by atoms with Gasteiger partial charge < -0.3 is 30.8 Å². The summed E-state index contributed by atoms with van der Waals surface area (Å²) >= 11 is 0. The Morgan fingerprint density at radius 1 is 1.02 bits per heavy atom. The summed E-state index contributed by atoms with van der Waals surface area (Å²) in [5.74, 6) is -1.93. The average Bonchev–Trinajstić information content (AvgIpc) is 3.48. The summed E-state index contributed by atoms with van der Waals surface area (Å²) in [4.78, 5) is 69.6. The number of hydrogen-bond donors (Lipinski definition) is 6. The number of H-pyrrole nitrogens is 1. The number of amides is 5. The van der Waals surface area contributed by atoms with Crippen molar-refractivity contribution in [2.24, 2.45) is 0 Å². The average molecular weight is 567 g/mol. The Bertz CT molecular complexity index is 1360. The van der Waals surface area contributed by atoms with Crippen LogP contribution in [0.5, 0.6) is 0 Å². The highest BCUT2D eigenvalue weighted by Crippen LogP contribution is 2.17. The summed E-state index contributed by atoms with van der Waals surface area (Å²) in [5.41, 5.74) is 2.44. The number of benzene rings is 2. The van der Waals surface area contributed by atoms with Crippen LogP contribution in [0.3, 0.4) is 0 Å². The minimum atomic E-state index is -1.32. The number of nitrogens with zero attached hydrogens (tertiary/aromatic N) is 2. The number of anilines is 1. The van der Waals surface area contributed by atoms with Crippen LogP contribution in [-0.4, -0.2) is 81.8 Å². The number of quaternary nitrogens is 1. The summed E-state index contributed by atoms with van der Waals surface area (Å²) in [6.45, 7) is -0.238. The van der Waals surface area contributed by atoms with Crippen LogP contribution in [0.1, 0.15) is 24.8 Å². The Morgan fingerprint density at radius 3 is 2.49 bits per heavy atom. The number of para-hydroxylation sites is 2. The Hall–Kier alpha value is -4.98. The van der Waals surface area contributed by atoms with Crippen LogP contribution in [0.2, 0.25) is 0 Å². The summed E-state index contributed by atoms with van der Waals surface area (Å²) in [6, 6.07) is 15.8. The van der Waals surface area contributed by atoms with Crippen molar-refractivity contribution in [3.8, 4) is 0 Å². The van der Waals surface area contributed by atoms with Crippen molar-refractivity contribution in [2.75, 3.05) is 31.5 Å². The summed E-state index contributed by atoms with van der Waals surface area (Å²) in [6.07, 6.45) is -1.88. The fraction of sp³-hybridized carbons (Fsp3) is 0.333. The zero-order chi connectivity index (χ0) is 29.2. The molecule has 2 aromatic carbocycles. The number of imide groups is 1. The molecule has 0 bridgehead atoms. The lowest BCUT2D eigenvalue weighted by molar-refractivity contribution is -0.759. The van der Waals surface area contributed by atoms with Crippen LogP contribution in [0.4, 0.5) is 15.5 Å². The van der Waals surface area contributed by atoms with E-state index < -0.39 is 53.5 Å². The van der Waals surface area contributed by atoms with E-state index in [1.807, 2.05) is 30.3 Å². The third-order valence-corrected chi connectivity index (χ3v) is 6.54. The predicted molar refractivity (Wildman–Crippen MR) is 146 cm³/mol. The maximum Gasteiger partial charge on any atom is 0.425 e. The van der Waals surface area contributed by atoms with Gasteiger partial charge in [0.2, 0.25) is 5.95 Å². The highest BCUT2D eigenvalue weighted by Gasteiger charge is 2.51. The molecule has 2 atom stereocenters. The molecule has 4 rings (SSSR count). The molecule has 0 saturated carbocycles. The number of aromatic amines is 1. The van der Waals surface area contributed by atoms with Crippen LogP contribution in [0, 0.1) is 0 Å². The van der Waals surface area contributed by atoms with Gasteiger partial charge in [0.15, 0.2) is 6.54 Å².